The zero-order chi connectivity index (χ0) is 16.5. The molecular weight excluding hydrogens is 306 g/mol. The number of amides is 3. The van der Waals surface area contributed by atoms with Crippen molar-refractivity contribution >= 4 is 11.9 Å². The average Bonchev–Trinajstić information content (AvgIpc) is 3.24. The van der Waals surface area contributed by atoms with Crippen molar-refractivity contribution in [3.8, 4) is 0 Å². The first kappa shape index (κ1) is 16.2. The fourth-order valence-corrected chi connectivity index (χ4v) is 5.06. The minimum Gasteiger partial charge on any atom is -0.378 e. The van der Waals surface area contributed by atoms with Crippen LogP contribution in [-0.4, -0.2) is 66.2 Å². The Balaban J connectivity index is 1.45. The van der Waals surface area contributed by atoms with Gasteiger partial charge in [0.25, 0.3) is 0 Å². The monoisotopic (exact) mass is 335 g/mol. The van der Waals surface area contributed by atoms with E-state index in [1.54, 1.807) is 0 Å². The Kier molecular flexibility index (Phi) is 4.66. The maximum Gasteiger partial charge on any atom is 0.318 e. The number of likely N-dealkylation sites (tertiary alicyclic amines) is 1. The molecule has 0 aromatic heterocycles. The highest BCUT2D eigenvalue weighted by Crippen LogP contribution is 2.43. The van der Waals surface area contributed by atoms with E-state index in [1.807, 2.05) is 9.80 Å². The lowest BCUT2D eigenvalue weighted by Gasteiger charge is -2.39. The van der Waals surface area contributed by atoms with E-state index >= 15 is 0 Å². The first-order valence-electron chi connectivity index (χ1n) is 9.69. The quantitative estimate of drug-likeness (QED) is 0.836. The number of ether oxygens (including phenoxy) is 1. The predicted octanol–water partition coefficient (Wildman–Crippen LogP) is 1.74. The summed E-state index contributed by atoms with van der Waals surface area (Å²) in [5.74, 6) is 0.492. The summed E-state index contributed by atoms with van der Waals surface area (Å²) in [5.41, 5.74) is 0. The molecule has 2 heterocycles. The molecule has 2 bridgehead atoms. The van der Waals surface area contributed by atoms with Gasteiger partial charge in [-0.3, -0.25) is 4.79 Å². The van der Waals surface area contributed by atoms with Crippen LogP contribution < -0.4 is 5.32 Å². The molecule has 1 N–H and O–H groups in total. The number of hydrogen-bond acceptors (Lipinski definition) is 3. The van der Waals surface area contributed by atoms with Crippen LogP contribution in [0.4, 0.5) is 4.79 Å². The molecule has 3 unspecified atom stereocenters. The summed E-state index contributed by atoms with van der Waals surface area (Å²) in [5, 5.41) is 3.22. The van der Waals surface area contributed by atoms with E-state index in [0.29, 0.717) is 38.3 Å². The molecule has 0 aromatic rings. The topological polar surface area (TPSA) is 61.9 Å². The van der Waals surface area contributed by atoms with Gasteiger partial charge in [-0.25, -0.2) is 4.79 Å². The number of hydrogen-bond donors (Lipinski definition) is 1. The third kappa shape index (κ3) is 3.01. The molecule has 0 spiro atoms. The van der Waals surface area contributed by atoms with Gasteiger partial charge in [-0.15, -0.1) is 0 Å². The van der Waals surface area contributed by atoms with Gasteiger partial charge in [-0.05, 0) is 38.0 Å². The van der Waals surface area contributed by atoms with Crippen molar-refractivity contribution in [2.75, 3.05) is 26.3 Å². The number of morpholine rings is 1. The lowest BCUT2D eigenvalue weighted by Crippen LogP contribution is -2.58. The van der Waals surface area contributed by atoms with Gasteiger partial charge in [-0.1, -0.05) is 19.3 Å². The number of nitrogens with one attached hydrogen (secondary N) is 1. The van der Waals surface area contributed by atoms with Gasteiger partial charge in [0.05, 0.1) is 13.2 Å². The number of rotatable bonds is 2. The molecule has 24 heavy (non-hydrogen) atoms. The van der Waals surface area contributed by atoms with Crippen LogP contribution in [0.2, 0.25) is 0 Å². The van der Waals surface area contributed by atoms with Crippen LogP contribution in [0.15, 0.2) is 0 Å². The molecule has 3 atom stereocenters. The maximum absolute atomic E-state index is 13.0. The van der Waals surface area contributed by atoms with Gasteiger partial charge in [0, 0.05) is 25.2 Å². The van der Waals surface area contributed by atoms with E-state index in [4.69, 9.17) is 4.74 Å². The van der Waals surface area contributed by atoms with Crippen LogP contribution in [0.3, 0.4) is 0 Å². The van der Waals surface area contributed by atoms with Crippen LogP contribution in [0.25, 0.3) is 0 Å². The van der Waals surface area contributed by atoms with E-state index in [9.17, 15) is 9.59 Å². The summed E-state index contributed by atoms with van der Waals surface area (Å²) >= 11 is 0. The highest BCUT2D eigenvalue weighted by atomic mass is 16.5. The van der Waals surface area contributed by atoms with E-state index in [0.717, 1.165) is 32.1 Å². The number of carbonyl (C=O) groups excluding carboxylic acids is 2. The van der Waals surface area contributed by atoms with Crippen LogP contribution >= 0.6 is 0 Å². The predicted molar refractivity (Wildman–Crippen MR) is 89.6 cm³/mol. The number of fused-ring (bicyclic) bond motifs is 2. The lowest BCUT2D eigenvalue weighted by atomic mass is 9.95. The molecule has 6 heteroatoms. The second-order valence-electron chi connectivity index (χ2n) is 7.80. The van der Waals surface area contributed by atoms with Crippen LogP contribution in [0.5, 0.6) is 0 Å². The summed E-state index contributed by atoms with van der Waals surface area (Å²) in [6.07, 6.45) is 8.97. The molecule has 2 saturated heterocycles. The first-order chi connectivity index (χ1) is 11.7. The largest absolute Gasteiger partial charge is 0.378 e. The van der Waals surface area contributed by atoms with Crippen LogP contribution in [0, 0.1) is 5.92 Å². The average molecular weight is 335 g/mol. The Hall–Kier alpha value is -1.30. The molecule has 134 valence electrons. The molecule has 3 amide bonds. The van der Waals surface area contributed by atoms with Crippen molar-refractivity contribution in [3.63, 3.8) is 0 Å². The Morgan fingerprint density at radius 2 is 1.71 bits per heavy atom. The summed E-state index contributed by atoms with van der Waals surface area (Å²) < 4.78 is 5.36. The molecule has 4 rings (SSSR count). The summed E-state index contributed by atoms with van der Waals surface area (Å²) in [6, 6.07) is 0.309. The fourth-order valence-electron chi connectivity index (χ4n) is 5.06. The van der Waals surface area contributed by atoms with Gasteiger partial charge < -0.3 is 19.9 Å². The summed E-state index contributed by atoms with van der Waals surface area (Å²) in [6.45, 7) is 2.54. The molecular formula is C18H29N3O3. The molecule has 0 radical (unpaired) electrons. The number of piperidine rings is 1. The Labute approximate surface area is 143 Å². The Morgan fingerprint density at radius 3 is 2.46 bits per heavy atom. The summed E-state index contributed by atoms with van der Waals surface area (Å²) in [4.78, 5) is 29.8. The second kappa shape index (κ2) is 6.90. The minimum absolute atomic E-state index is 0.000657. The van der Waals surface area contributed by atoms with Crippen molar-refractivity contribution < 1.29 is 14.3 Å². The molecule has 4 fully saturated rings. The van der Waals surface area contributed by atoms with Gasteiger partial charge in [-0.2, -0.15) is 0 Å². The van der Waals surface area contributed by atoms with E-state index in [-0.39, 0.29) is 24.0 Å². The van der Waals surface area contributed by atoms with E-state index in [1.165, 1.54) is 19.3 Å². The zero-order valence-electron chi connectivity index (χ0n) is 14.4. The Morgan fingerprint density at radius 1 is 0.958 bits per heavy atom. The van der Waals surface area contributed by atoms with E-state index in [2.05, 4.69) is 5.32 Å². The van der Waals surface area contributed by atoms with Crippen molar-refractivity contribution in [3.05, 3.63) is 0 Å². The third-order valence-corrected chi connectivity index (χ3v) is 6.33. The lowest BCUT2D eigenvalue weighted by molar-refractivity contribution is -0.141. The van der Waals surface area contributed by atoms with Gasteiger partial charge in [0.2, 0.25) is 5.91 Å². The number of carbonyl (C=O) groups is 2. The number of nitrogens with zero attached hydrogens (tertiary/aromatic N) is 2. The smallest absolute Gasteiger partial charge is 0.318 e. The van der Waals surface area contributed by atoms with Gasteiger partial charge in [0.1, 0.15) is 6.04 Å². The fraction of sp³-hybridized carbons (Fsp3) is 0.889. The van der Waals surface area contributed by atoms with Gasteiger partial charge >= 0.3 is 6.03 Å². The SMILES string of the molecule is O=C(C1C2CCC(C2)N1C(=O)NC1CCCCC1)N1CCOCC1. The highest BCUT2D eigenvalue weighted by Gasteiger charge is 2.52. The highest BCUT2D eigenvalue weighted by molar-refractivity contribution is 5.88. The summed E-state index contributed by atoms with van der Waals surface area (Å²) in [7, 11) is 0. The second-order valence-corrected chi connectivity index (χ2v) is 7.80. The van der Waals surface area contributed by atoms with Crippen LogP contribution in [0.1, 0.15) is 51.4 Å². The van der Waals surface area contributed by atoms with E-state index < -0.39 is 0 Å². The van der Waals surface area contributed by atoms with Gasteiger partial charge in [0.15, 0.2) is 0 Å². The first-order valence-corrected chi connectivity index (χ1v) is 9.69. The molecule has 6 nitrogen and oxygen atoms in total. The minimum atomic E-state index is -0.245. The molecule has 2 aliphatic carbocycles. The molecule has 0 aromatic carbocycles. The van der Waals surface area contributed by atoms with Crippen LogP contribution in [-0.2, 0) is 9.53 Å². The Bertz CT molecular complexity index is 486. The number of urea groups is 1. The standard InChI is InChI=1S/C18H29N3O3/c22-17(20-8-10-24-11-9-20)16-13-6-7-15(12-13)21(16)18(23)19-14-4-2-1-3-5-14/h13-16H,1-12H2,(H,19,23). The third-order valence-electron chi connectivity index (χ3n) is 6.33. The van der Waals surface area contributed by atoms with Crippen molar-refractivity contribution in [2.45, 2.75) is 69.5 Å². The van der Waals surface area contributed by atoms with Crippen molar-refractivity contribution in [1.82, 2.24) is 15.1 Å². The maximum atomic E-state index is 13.0. The molecule has 2 saturated carbocycles. The van der Waals surface area contributed by atoms with Crippen molar-refractivity contribution in [2.24, 2.45) is 5.92 Å². The molecule has 4 aliphatic rings. The molecule has 2 aliphatic heterocycles. The van der Waals surface area contributed by atoms with Crippen molar-refractivity contribution in [1.29, 1.82) is 0 Å². The zero-order valence-corrected chi connectivity index (χ0v) is 14.4. The normalized spacial score (nSPS) is 33.8.